The summed E-state index contributed by atoms with van der Waals surface area (Å²) in [7, 11) is 0. The Bertz CT molecular complexity index is 2200. The Morgan fingerprint density at radius 1 is 0.575 bits per heavy atom. The Kier molecular flexibility index (Phi) is 5.56. The van der Waals surface area contributed by atoms with Gasteiger partial charge in [-0.25, -0.2) is 9.59 Å². The second kappa shape index (κ2) is 9.27. The lowest BCUT2D eigenvalue weighted by molar-refractivity contribution is 0.544. The molecule has 0 atom stereocenters. The minimum atomic E-state index is -0.511. The molecule has 40 heavy (non-hydrogen) atoms. The quantitative estimate of drug-likeness (QED) is 0.167. The van der Waals surface area contributed by atoms with Crippen molar-refractivity contribution in [3.63, 3.8) is 0 Å². The van der Waals surface area contributed by atoms with Gasteiger partial charge in [0, 0.05) is 41.0 Å². The van der Waals surface area contributed by atoms with Crippen LogP contribution in [0, 0.1) is 0 Å². The molecule has 0 N–H and O–H groups in total. The van der Waals surface area contributed by atoms with E-state index in [-0.39, 0.29) is 11.1 Å². The number of rotatable bonds is 5. The van der Waals surface area contributed by atoms with E-state index in [0.29, 0.717) is 22.7 Å². The lowest BCUT2D eigenvalue weighted by Crippen LogP contribution is -2.21. The molecule has 7 aromatic rings. The van der Waals surface area contributed by atoms with E-state index >= 15 is 0 Å². The fraction of sp³-hybridized carbons (Fsp3) is 0.118. The highest BCUT2D eigenvalue weighted by Crippen LogP contribution is 2.36. The van der Waals surface area contributed by atoms with E-state index in [1.807, 2.05) is 66.7 Å². The van der Waals surface area contributed by atoms with E-state index < -0.39 is 11.3 Å². The van der Waals surface area contributed by atoms with Gasteiger partial charge in [0.1, 0.15) is 33.8 Å². The van der Waals surface area contributed by atoms with Gasteiger partial charge in [-0.2, -0.15) is 0 Å². The number of hydrogen-bond donors (Lipinski definition) is 0. The zero-order valence-corrected chi connectivity index (χ0v) is 22.1. The molecule has 196 valence electrons. The molecule has 0 bridgehead atoms. The van der Waals surface area contributed by atoms with Crippen molar-refractivity contribution in [3.8, 4) is 22.6 Å². The highest BCUT2D eigenvalue weighted by atomic mass is 16.4. The molecule has 0 aliphatic heterocycles. The van der Waals surface area contributed by atoms with E-state index in [1.54, 1.807) is 18.2 Å². The third-order valence-corrected chi connectivity index (χ3v) is 7.61. The minimum Gasteiger partial charge on any atom is -0.456 e. The molecule has 6 nitrogen and oxygen atoms in total. The Morgan fingerprint density at radius 2 is 1.15 bits per heavy atom. The monoisotopic (exact) mass is 527 g/mol. The minimum absolute atomic E-state index is 0.285. The van der Waals surface area contributed by atoms with Crippen LogP contribution in [0.15, 0.2) is 114 Å². The topological polar surface area (TPSA) is 76.8 Å². The zero-order chi connectivity index (χ0) is 27.4. The molecule has 0 aliphatic rings. The van der Waals surface area contributed by atoms with Gasteiger partial charge in [0.15, 0.2) is 0 Å². The highest BCUT2D eigenvalue weighted by Gasteiger charge is 2.19. The lowest BCUT2D eigenvalue weighted by Gasteiger charge is -2.20. The van der Waals surface area contributed by atoms with Crippen molar-refractivity contribution in [2.24, 2.45) is 0 Å². The Labute approximate surface area is 228 Å². The van der Waals surface area contributed by atoms with E-state index in [2.05, 4.69) is 24.8 Å². The molecule has 6 heteroatoms. The van der Waals surface area contributed by atoms with Crippen molar-refractivity contribution in [2.75, 3.05) is 18.0 Å². The van der Waals surface area contributed by atoms with Gasteiger partial charge in [0.2, 0.25) is 0 Å². The summed E-state index contributed by atoms with van der Waals surface area (Å²) >= 11 is 0. The zero-order valence-electron chi connectivity index (χ0n) is 22.1. The van der Waals surface area contributed by atoms with Crippen molar-refractivity contribution in [3.05, 3.63) is 112 Å². The molecule has 0 saturated heterocycles. The molecule has 3 aromatic heterocycles. The van der Waals surface area contributed by atoms with E-state index in [9.17, 15) is 9.59 Å². The first-order valence-electron chi connectivity index (χ1n) is 13.4. The van der Waals surface area contributed by atoms with Crippen LogP contribution in [0.3, 0.4) is 0 Å². The van der Waals surface area contributed by atoms with Crippen LogP contribution in [0.5, 0.6) is 0 Å². The molecule has 4 aromatic carbocycles. The molecule has 0 saturated carbocycles. The fourth-order valence-corrected chi connectivity index (χ4v) is 5.60. The second-order valence-electron chi connectivity index (χ2n) is 9.79. The maximum absolute atomic E-state index is 13.2. The molecule has 0 radical (unpaired) electrons. The van der Waals surface area contributed by atoms with Gasteiger partial charge in [-0.05, 0) is 66.4 Å². The summed E-state index contributed by atoms with van der Waals surface area (Å²) in [6.07, 6.45) is 0. The molecule has 0 spiro atoms. The Hall–Kier alpha value is -5.10. The van der Waals surface area contributed by atoms with Crippen LogP contribution in [-0.4, -0.2) is 13.1 Å². The van der Waals surface area contributed by atoms with Gasteiger partial charge < -0.3 is 18.2 Å². The molecule has 3 heterocycles. The predicted molar refractivity (Wildman–Crippen MR) is 160 cm³/mol. The van der Waals surface area contributed by atoms with Crippen molar-refractivity contribution in [1.29, 1.82) is 0 Å². The van der Waals surface area contributed by atoms with E-state index in [0.717, 1.165) is 51.1 Å². The molecule has 0 amide bonds. The van der Waals surface area contributed by atoms with Gasteiger partial charge in [-0.15, -0.1) is 0 Å². The first-order valence-corrected chi connectivity index (χ1v) is 13.4. The summed E-state index contributed by atoms with van der Waals surface area (Å²) in [5.74, 6) is 0.639. The third-order valence-electron chi connectivity index (χ3n) is 7.61. The van der Waals surface area contributed by atoms with Crippen LogP contribution in [-0.2, 0) is 0 Å². The average Bonchev–Trinajstić information content (AvgIpc) is 3.47. The van der Waals surface area contributed by atoms with Crippen molar-refractivity contribution in [2.45, 2.75) is 13.8 Å². The highest BCUT2D eigenvalue weighted by molar-refractivity contribution is 6.23. The second-order valence-corrected chi connectivity index (χ2v) is 9.79. The van der Waals surface area contributed by atoms with Crippen LogP contribution < -0.4 is 16.2 Å². The van der Waals surface area contributed by atoms with Gasteiger partial charge >= 0.3 is 11.3 Å². The number of nitrogens with zero attached hydrogens (tertiary/aromatic N) is 1. The summed E-state index contributed by atoms with van der Waals surface area (Å²) < 4.78 is 17.7. The number of benzene rings is 4. The average molecular weight is 528 g/mol. The lowest BCUT2D eigenvalue weighted by atomic mass is 9.97. The molecule has 0 unspecified atom stereocenters. The van der Waals surface area contributed by atoms with Crippen LogP contribution in [0.4, 0.5) is 5.69 Å². The Balaban J connectivity index is 1.36. The summed E-state index contributed by atoms with van der Waals surface area (Å²) in [5, 5.41) is 5.55. The summed E-state index contributed by atoms with van der Waals surface area (Å²) in [6.45, 7) is 5.88. The standard InChI is InChI=1S/C34H25NO5/c1-3-35(4-2)21-14-13-20-17-27(33(36)39-31(20)18-21)29-15-16-30(38-29)28-19-26-24-11-6-5-9-22(24)23-10-7-8-12-25(23)32(26)40-34(28)37/h5-19H,3-4H2,1-2H3. The van der Waals surface area contributed by atoms with E-state index in [4.69, 9.17) is 13.3 Å². The summed E-state index contributed by atoms with van der Waals surface area (Å²) in [4.78, 5) is 28.4. The van der Waals surface area contributed by atoms with Crippen LogP contribution >= 0.6 is 0 Å². The third kappa shape index (κ3) is 3.72. The smallest absolute Gasteiger partial charge is 0.347 e. The maximum atomic E-state index is 13.2. The van der Waals surface area contributed by atoms with Gasteiger partial charge in [0.05, 0.1) is 0 Å². The summed E-state index contributed by atoms with van der Waals surface area (Å²) in [5.41, 5.74) is 1.60. The molecule has 7 rings (SSSR count). The van der Waals surface area contributed by atoms with Gasteiger partial charge in [-0.1, -0.05) is 48.5 Å². The van der Waals surface area contributed by atoms with Crippen LogP contribution in [0.2, 0.25) is 0 Å². The molecule has 0 aliphatic carbocycles. The van der Waals surface area contributed by atoms with E-state index in [1.165, 1.54) is 0 Å². The SMILES string of the molecule is CCN(CC)c1ccc2cc(-c3ccc(-c4cc5c6ccccc6c6ccccc6c5oc4=O)o3)c(=O)oc2c1. The van der Waals surface area contributed by atoms with Crippen molar-refractivity contribution < 1.29 is 13.3 Å². The Morgan fingerprint density at radius 3 is 1.82 bits per heavy atom. The largest absolute Gasteiger partial charge is 0.456 e. The number of anilines is 1. The maximum Gasteiger partial charge on any atom is 0.347 e. The normalized spacial score (nSPS) is 11.7. The first kappa shape index (κ1) is 24.0. The molecular weight excluding hydrogens is 502 g/mol. The first-order chi connectivity index (χ1) is 19.6. The number of hydrogen-bond acceptors (Lipinski definition) is 6. The van der Waals surface area contributed by atoms with Crippen molar-refractivity contribution >= 4 is 49.2 Å². The molecular formula is C34H25NO5. The summed E-state index contributed by atoms with van der Waals surface area (Å²) in [6, 6.07) is 28.7. The predicted octanol–water partition coefficient (Wildman–Crippen LogP) is 7.98. The van der Waals surface area contributed by atoms with Gasteiger partial charge in [0.25, 0.3) is 0 Å². The van der Waals surface area contributed by atoms with Crippen LogP contribution in [0.1, 0.15) is 13.8 Å². The number of fused-ring (bicyclic) bond motifs is 7. The number of furan rings is 1. The van der Waals surface area contributed by atoms with Crippen LogP contribution in [0.25, 0.3) is 66.1 Å². The van der Waals surface area contributed by atoms with Gasteiger partial charge in [-0.3, -0.25) is 0 Å². The fourth-order valence-electron chi connectivity index (χ4n) is 5.60. The van der Waals surface area contributed by atoms with Crippen molar-refractivity contribution in [1.82, 2.24) is 0 Å². The molecule has 0 fully saturated rings.